The van der Waals surface area contributed by atoms with Crippen molar-refractivity contribution in [2.24, 2.45) is 5.92 Å². The fourth-order valence-corrected chi connectivity index (χ4v) is 3.04. The number of hydrogen-bond acceptors (Lipinski definition) is 3. The summed E-state index contributed by atoms with van der Waals surface area (Å²) in [6.45, 7) is 9.72. The summed E-state index contributed by atoms with van der Waals surface area (Å²) in [5.74, 6) is 1.67. The number of nitrogens with zero attached hydrogens (tertiary/aromatic N) is 1. The van der Waals surface area contributed by atoms with Gasteiger partial charge in [-0.2, -0.15) is 0 Å². The fourth-order valence-electron chi connectivity index (χ4n) is 2.77. The molecule has 1 aliphatic rings. The molecular weight excluding hydrogens is 328 g/mol. The minimum atomic E-state index is 0.678. The molecule has 118 valence electrons. The van der Waals surface area contributed by atoms with Crippen molar-refractivity contribution in [2.75, 3.05) is 32.8 Å². The van der Waals surface area contributed by atoms with Gasteiger partial charge < -0.3 is 10.1 Å². The maximum absolute atomic E-state index is 5.83. The Hall–Kier alpha value is -0.580. The Labute approximate surface area is 137 Å². The fraction of sp³-hybridized carbons (Fsp3) is 0.647. The summed E-state index contributed by atoms with van der Waals surface area (Å²) >= 11 is 3.44. The lowest BCUT2D eigenvalue weighted by atomic mass is 10.2. The van der Waals surface area contributed by atoms with Crippen LogP contribution in [-0.2, 0) is 0 Å². The van der Waals surface area contributed by atoms with Gasteiger partial charge in [0.25, 0.3) is 0 Å². The topological polar surface area (TPSA) is 24.5 Å². The molecule has 1 saturated heterocycles. The lowest BCUT2D eigenvalue weighted by Crippen LogP contribution is -2.40. The summed E-state index contributed by atoms with van der Waals surface area (Å²) in [7, 11) is 0. The molecule has 1 heterocycles. The molecule has 1 aliphatic heterocycles. The molecule has 0 amide bonds. The van der Waals surface area contributed by atoms with Gasteiger partial charge in [0.1, 0.15) is 12.4 Å². The maximum atomic E-state index is 5.83. The first-order valence-electron chi connectivity index (χ1n) is 7.98. The van der Waals surface area contributed by atoms with Crippen molar-refractivity contribution in [3.8, 4) is 5.75 Å². The van der Waals surface area contributed by atoms with Crippen LogP contribution in [0, 0.1) is 5.92 Å². The molecule has 4 heteroatoms. The van der Waals surface area contributed by atoms with E-state index in [0.717, 1.165) is 42.4 Å². The summed E-state index contributed by atoms with van der Waals surface area (Å²) in [6.07, 6.45) is 2.62. The van der Waals surface area contributed by atoms with E-state index in [1.165, 1.54) is 19.4 Å². The van der Waals surface area contributed by atoms with Crippen LogP contribution < -0.4 is 10.1 Å². The molecule has 1 atom stereocenters. The highest BCUT2D eigenvalue weighted by Gasteiger charge is 2.23. The molecule has 1 N–H and O–H groups in total. The van der Waals surface area contributed by atoms with Crippen LogP contribution in [0.2, 0.25) is 0 Å². The zero-order valence-corrected chi connectivity index (χ0v) is 14.7. The second-order valence-corrected chi connectivity index (χ2v) is 7.10. The molecule has 3 nitrogen and oxygen atoms in total. The summed E-state index contributed by atoms with van der Waals surface area (Å²) in [5, 5.41) is 3.58. The molecule has 0 aliphatic carbocycles. The van der Waals surface area contributed by atoms with Crippen molar-refractivity contribution in [3.05, 3.63) is 28.7 Å². The van der Waals surface area contributed by atoms with Gasteiger partial charge in [0.05, 0.1) is 0 Å². The molecule has 21 heavy (non-hydrogen) atoms. The molecule has 0 spiro atoms. The van der Waals surface area contributed by atoms with Crippen molar-refractivity contribution in [3.63, 3.8) is 0 Å². The van der Waals surface area contributed by atoms with Crippen LogP contribution in [0.25, 0.3) is 0 Å². The molecule has 1 aromatic carbocycles. The van der Waals surface area contributed by atoms with Gasteiger partial charge in [0.15, 0.2) is 0 Å². The van der Waals surface area contributed by atoms with E-state index < -0.39 is 0 Å². The van der Waals surface area contributed by atoms with Gasteiger partial charge >= 0.3 is 0 Å². The van der Waals surface area contributed by atoms with E-state index in [2.05, 4.69) is 40.0 Å². The Morgan fingerprint density at radius 2 is 2.10 bits per heavy atom. The zero-order chi connectivity index (χ0) is 15.1. The quantitative estimate of drug-likeness (QED) is 0.772. The molecule has 1 unspecified atom stereocenters. The van der Waals surface area contributed by atoms with E-state index in [9.17, 15) is 0 Å². The van der Waals surface area contributed by atoms with Crippen molar-refractivity contribution in [2.45, 2.75) is 32.7 Å². The highest BCUT2D eigenvalue weighted by molar-refractivity contribution is 9.10. The summed E-state index contributed by atoms with van der Waals surface area (Å²) in [5.41, 5.74) is 0. The molecule has 0 aromatic heterocycles. The van der Waals surface area contributed by atoms with Crippen LogP contribution in [0.3, 0.4) is 0 Å². The molecule has 1 fully saturated rings. The largest absolute Gasteiger partial charge is 0.492 e. The average molecular weight is 355 g/mol. The number of hydrogen-bond donors (Lipinski definition) is 1. The highest BCUT2D eigenvalue weighted by atomic mass is 79.9. The molecule has 0 saturated carbocycles. The predicted molar refractivity (Wildman–Crippen MR) is 91.9 cm³/mol. The average Bonchev–Trinajstić information content (AvgIpc) is 2.88. The number of halogens is 1. The lowest BCUT2D eigenvalue weighted by Gasteiger charge is -2.25. The second-order valence-electron chi connectivity index (χ2n) is 6.19. The van der Waals surface area contributed by atoms with Crippen LogP contribution in [-0.4, -0.2) is 43.7 Å². The maximum Gasteiger partial charge on any atom is 0.119 e. The third kappa shape index (κ3) is 5.97. The number of benzene rings is 1. The standard InChI is InChI=1S/C17H27BrN2O/c1-14(2)12-19-13-16-4-3-9-20(16)10-11-21-17-7-5-15(18)6-8-17/h5-8,14,16,19H,3-4,9-13H2,1-2H3. The highest BCUT2D eigenvalue weighted by Crippen LogP contribution is 2.18. The van der Waals surface area contributed by atoms with E-state index >= 15 is 0 Å². The van der Waals surface area contributed by atoms with E-state index in [1.54, 1.807) is 0 Å². The minimum Gasteiger partial charge on any atom is -0.492 e. The number of likely N-dealkylation sites (tertiary alicyclic amines) is 1. The Bertz CT molecular complexity index is 408. The number of nitrogens with one attached hydrogen (secondary N) is 1. The van der Waals surface area contributed by atoms with Crippen molar-refractivity contribution < 1.29 is 4.74 Å². The van der Waals surface area contributed by atoms with Crippen molar-refractivity contribution in [1.82, 2.24) is 10.2 Å². The predicted octanol–water partition coefficient (Wildman–Crippen LogP) is 3.54. The van der Waals surface area contributed by atoms with Crippen LogP contribution in [0.15, 0.2) is 28.7 Å². The van der Waals surface area contributed by atoms with Gasteiger partial charge in [0.2, 0.25) is 0 Å². The lowest BCUT2D eigenvalue weighted by molar-refractivity contribution is 0.193. The van der Waals surface area contributed by atoms with Gasteiger partial charge in [-0.3, -0.25) is 4.90 Å². The van der Waals surface area contributed by atoms with Gasteiger partial charge in [-0.1, -0.05) is 29.8 Å². The zero-order valence-electron chi connectivity index (χ0n) is 13.1. The van der Waals surface area contributed by atoms with E-state index in [1.807, 2.05) is 24.3 Å². The van der Waals surface area contributed by atoms with Crippen molar-refractivity contribution >= 4 is 15.9 Å². The summed E-state index contributed by atoms with van der Waals surface area (Å²) < 4.78 is 6.92. The smallest absolute Gasteiger partial charge is 0.119 e. The molecule has 2 rings (SSSR count). The molecule has 0 bridgehead atoms. The van der Waals surface area contributed by atoms with Crippen LogP contribution >= 0.6 is 15.9 Å². The summed E-state index contributed by atoms with van der Waals surface area (Å²) in [6, 6.07) is 8.73. The van der Waals surface area contributed by atoms with Gasteiger partial charge in [-0.25, -0.2) is 0 Å². The first-order chi connectivity index (χ1) is 10.1. The Morgan fingerprint density at radius 1 is 1.33 bits per heavy atom. The van der Waals surface area contributed by atoms with Crippen LogP contribution in [0.4, 0.5) is 0 Å². The van der Waals surface area contributed by atoms with E-state index in [4.69, 9.17) is 4.74 Å². The molecule has 0 radical (unpaired) electrons. The van der Waals surface area contributed by atoms with Crippen LogP contribution in [0.1, 0.15) is 26.7 Å². The molecule has 1 aromatic rings. The Morgan fingerprint density at radius 3 is 2.81 bits per heavy atom. The van der Waals surface area contributed by atoms with E-state index in [0.29, 0.717) is 6.04 Å². The Balaban J connectivity index is 1.67. The molecular formula is C17H27BrN2O. The van der Waals surface area contributed by atoms with Gasteiger partial charge in [-0.15, -0.1) is 0 Å². The van der Waals surface area contributed by atoms with Crippen molar-refractivity contribution in [1.29, 1.82) is 0 Å². The first-order valence-corrected chi connectivity index (χ1v) is 8.77. The Kier molecular flexibility index (Phi) is 7.00. The van der Waals surface area contributed by atoms with Crippen LogP contribution in [0.5, 0.6) is 5.75 Å². The normalized spacial score (nSPS) is 19.3. The minimum absolute atomic E-state index is 0.678. The van der Waals surface area contributed by atoms with Gasteiger partial charge in [0, 0.05) is 23.6 Å². The monoisotopic (exact) mass is 354 g/mol. The van der Waals surface area contributed by atoms with E-state index in [-0.39, 0.29) is 0 Å². The SMILES string of the molecule is CC(C)CNCC1CCCN1CCOc1ccc(Br)cc1. The first kappa shape index (κ1) is 16.8. The third-order valence-corrected chi connectivity index (χ3v) is 4.42. The second kappa shape index (κ2) is 8.76. The third-order valence-electron chi connectivity index (χ3n) is 3.89. The van der Waals surface area contributed by atoms with Gasteiger partial charge in [-0.05, 0) is 56.1 Å². The number of ether oxygens (including phenoxy) is 1. The number of rotatable bonds is 8. The summed E-state index contributed by atoms with van der Waals surface area (Å²) in [4.78, 5) is 2.56.